The molecule has 0 spiro atoms. The molecule has 0 amide bonds. The fourth-order valence-corrected chi connectivity index (χ4v) is 1.69. The van der Waals surface area contributed by atoms with Gasteiger partial charge in [0.05, 0.1) is 0 Å². The first-order valence-corrected chi connectivity index (χ1v) is 6.07. The van der Waals surface area contributed by atoms with Gasteiger partial charge in [-0.25, -0.2) is 5.10 Å². The molecule has 0 radical (unpaired) electrons. The number of nitrogens with zero attached hydrogens (tertiary/aromatic N) is 3. The maximum Gasteiger partial charge on any atom is 0.387 e. The standard InChI is InChI=1S/C13H8F2N4O3/c14-13(15)21-8-3-1-7(2-4-8)11-16-12(22-19-11)9-5-6-10(20)18-17-9/h1-6,13H,(H,18,20). The van der Waals surface area contributed by atoms with Gasteiger partial charge in [0.15, 0.2) is 0 Å². The number of benzene rings is 1. The largest absolute Gasteiger partial charge is 0.435 e. The van der Waals surface area contributed by atoms with Gasteiger partial charge in [0.25, 0.3) is 11.4 Å². The zero-order chi connectivity index (χ0) is 15.5. The molecule has 2 aromatic heterocycles. The zero-order valence-corrected chi connectivity index (χ0v) is 10.9. The molecule has 0 aliphatic rings. The summed E-state index contributed by atoms with van der Waals surface area (Å²) in [6.45, 7) is -2.88. The van der Waals surface area contributed by atoms with Gasteiger partial charge in [-0.3, -0.25) is 4.79 Å². The predicted octanol–water partition coefficient (Wildman–Crippen LogP) is 2.09. The van der Waals surface area contributed by atoms with Crippen molar-refractivity contribution in [1.29, 1.82) is 0 Å². The predicted molar refractivity (Wildman–Crippen MR) is 70.2 cm³/mol. The molecule has 1 N–H and O–H groups in total. The van der Waals surface area contributed by atoms with Gasteiger partial charge in [0.2, 0.25) is 5.82 Å². The van der Waals surface area contributed by atoms with E-state index in [2.05, 4.69) is 25.1 Å². The summed E-state index contributed by atoms with van der Waals surface area (Å²) in [6, 6.07) is 8.50. The van der Waals surface area contributed by atoms with Crippen LogP contribution < -0.4 is 10.3 Å². The van der Waals surface area contributed by atoms with Crippen LogP contribution in [0.1, 0.15) is 0 Å². The number of ether oxygens (including phenoxy) is 1. The second kappa shape index (κ2) is 5.72. The van der Waals surface area contributed by atoms with Crippen LogP contribution in [0.4, 0.5) is 8.78 Å². The van der Waals surface area contributed by atoms with Crippen LogP contribution in [0.5, 0.6) is 5.75 Å². The van der Waals surface area contributed by atoms with Gasteiger partial charge < -0.3 is 9.26 Å². The van der Waals surface area contributed by atoms with E-state index >= 15 is 0 Å². The number of aromatic amines is 1. The Kier molecular flexibility index (Phi) is 3.60. The van der Waals surface area contributed by atoms with E-state index in [0.29, 0.717) is 11.3 Å². The quantitative estimate of drug-likeness (QED) is 0.793. The monoisotopic (exact) mass is 306 g/mol. The number of alkyl halides is 2. The maximum absolute atomic E-state index is 12.1. The van der Waals surface area contributed by atoms with Crippen molar-refractivity contribution in [2.45, 2.75) is 6.61 Å². The third-order valence-corrected chi connectivity index (χ3v) is 2.66. The highest BCUT2D eigenvalue weighted by atomic mass is 19.3. The highest BCUT2D eigenvalue weighted by Gasteiger charge is 2.12. The summed E-state index contributed by atoms with van der Waals surface area (Å²) in [6.07, 6.45) is 0. The highest BCUT2D eigenvalue weighted by molar-refractivity contribution is 5.58. The third kappa shape index (κ3) is 2.97. The Labute approximate surface area is 121 Å². The van der Waals surface area contributed by atoms with Crippen LogP contribution in [0.25, 0.3) is 23.0 Å². The molecule has 0 aliphatic heterocycles. The van der Waals surface area contributed by atoms with E-state index in [4.69, 9.17) is 4.52 Å². The number of hydrogen-bond acceptors (Lipinski definition) is 6. The van der Waals surface area contributed by atoms with Crippen molar-refractivity contribution in [2.75, 3.05) is 0 Å². The lowest BCUT2D eigenvalue weighted by atomic mass is 10.2. The molecule has 0 aliphatic carbocycles. The Bertz CT molecular complexity index is 809. The Morgan fingerprint density at radius 3 is 2.55 bits per heavy atom. The Balaban J connectivity index is 1.84. The summed E-state index contributed by atoms with van der Waals surface area (Å²) in [7, 11) is 0. The molecule has 0 saturated carbocycles. The Morgan fingerprint density at radius 1 is 1.14 bits per heavy atom. The molecular formula is C13H8F2N4O3. The van der Waals surface area contributed by atoms with Crippen LogP contribution in [0.3, 0.4) is 0 Å². The van der Waals surface area contributed by atoms with Crippen molar-refractivity contribution < 1.29 is 18.0 Å². The van der Waals surface area contributed by atoms with Gasteiger partial charge in [0, 0.05) is 11.6 Å². The number of nitrogens with one attached hydrogen (secondary N) is 1. The number of halogens is 2. The second-order valence-electron chi connectivity index (χ2n) is 4.13. The first kappa shape index (κ1) is 13.9. The summed E-state index contributed by atoms with van der Waals surface area (Å²) >= 11 is 0. The Hall–Kier alpha value is -3.10. The van der Waals surface area contributed by atoms with Crippen LogP contribution in [-0.2, 0) is 0 Å². The molecular weight excluding hydrogens is 298 g/mol. The molecule has 0 saturated heterocycles. The lowest BCUT2D eigenvalue weighted by Crippen LogP contribution is -2.05. The van der Waals surface area contributed by atoms with Gasteiger partial charge in [-0.05, 0) is 30.3 Å². The average Bonchev–Trinajstić information content (AvgIpc) is 2.98. The van der Waals surface area contributed by atoms with Crippen molar-refractivity contribution in [2.24, 2.45) is 0 Å². The molecule has 1 aromatic carbocycles. The van der Waals surface area contributed by atoms with Crippen molar-refractivity contribution in [1.82, 2.24) is 20.3 Å². The second-order valence-corrected chi connectivity index (χ2v) is 4.13. The van der Waals surface area contributed by atoms with Crippen molar-refractivity contribution in [3.63, 3.8) is 0 Å². The van der Waals surface area contributed by atoms with Crippen molar-refractivity contribution >= 4 is 0 Å². The summed E-state index contributed by atoms with van der Waals surface area (Å²) in [4.78, 5) is 15.1. The highest BCUT2D eigenvalue weighted by Crippen LogP contribution is 2.23. The topological polar surface area (TPSA) is 93.9 Å². The summed E-state index contributed by atoms with van der Waals surface area (Å²) < 4.78 is 33.4. The minimum absolute atomic E-state index is 0.0322. The van der Waals surface area contributed by atoms with Crippen LogP contribution in [0.15, 0.2) is 45.7 Å². The van der Waals surface area contributed by atoms with Crippen molar-refractivity contribution in [3.8, 4) is 28.7 Å². The van der Waals surface area contributed by atoms with Gasteiger partial charge in [0.1, 0.15) is 11.4 Å². The average molecular weight is 306 g/mol. The molecule has 0 atom stereocenters. The molecule has 0 fully saturated rings. The maximum atomic E-state index is 12.1. The lowest BCUT2D eigenvalue weighted by Gasteiger charge is -2.03. The van der Waals surface area contributed by atoms with E-state index in [1.807, 2.05) is 0 Å². The molecule has 22 heavy (non-hydrogen) atoms. The zero-order valence-electron chi connectivity index (χ0n) is 10.9. The van der Waals surface area contributed by atoms with E-state index < -0.39 is 6.61 Å². The van der Waals surface area contributed by atoms with Gasteiger partial charge in [-0.15, -0.1) is 0 Å². The molecule has 0 unspecified atom stereocenters. The molecule has 3 rings (SSSR count). The van der Waals surface area contributed by atoms with Crippen molar-refractivity contribution in [3.05, 3.63) is 46.8 Å². The molecule has 7 nitrogen and oxygen atoms in total. The van der Waals surface area contributed by atoms with E-state index in [-0.39, 0.29) is 23.0 Å². The van der Waals surface area contributed by atoms with Gasteiger partial charge in [-0.2, -0.15) is 18.9 Å². The number of rotatable bonds is 4. The third-order valence-electron chi connectivity index (χ3n) is 2.66. The molecule has 112 valence electrons. The number of aromatic nitrogens is 4. The van der Waals surface area contributed by atoms with Gasteiger partial charge >= 0.3 is 6.61 Å². The SMILES string of the molecule is O=c1ccc(-c2nc(-c3ccc(OC(F)F)cc3)no2)n[nH]1. The smallest absolute Gasteiger partial charge is 0.387 e. The van der Waals surface area contributed by atoms with E-state index in [1.165, 1.54) is 36.4 Å². The lowest BCUT2D eigenvalue weighted by molar-refractivity contribution is -0.0498. The minimum Gasteiger partial charge on any atom is -0.435 e. The fraction of sp³-hybridized carbons (Fsp3) is 0.0769. The van der Waals surface area contributed by atoms with E-state index in [0.717, 1.165) is 0 Å². The van der Waals surface area contributed by atoms with Crippen LogP contribution in [0, 0.1) is 0 Å². The van der Waals surface area contributed by atoms with Gasteiger partial charge in [-0.1, -0.05) is 5.16 Å². The molecule has 9 heteroatoms. The summed E-state index contributed by atoms with van der Waals surface area (Å²) in [5.74, 6) is 0.413. The molecule has 0 bridgehead atoms. The van der Waals surface area contributed by atoms with E-state index in [1.54, 1.807) is 0 Å². The number of hydrogen-bond donors (Lipinski definition) is 1. The first-order valence-electron chi connectivity index (χ1n) is 6.07. The summed E-state index contributed by atoms with van der Waals surface area (Å²) in [5, 5.41) is 9.79. The fourth-order valence-electron chi connectivity index (χ4n) is 1.69. The molecule has 3 aromatic rings. The summed E-state index contributed by atoms with van der Waals surface area (Å²) in [5.41, 5.74) is 0.523. The molecule has 2 heterocycles. The Morgan fingerprint density at radius 2 is 1.91 bits per heavy atom. The van der Waals surface area contributed by atoms with E-state index in [9.17, 15) is 13.6 Å². The van der Waals surface area contributed by atoms with Crippen LogP contribution >= 0.6 is 0 Å². The van der Waals surface area contributed by atoms with Crippen LogP contribution in [-0.4, -0.2) is 26.9 Å². The number of H-pyrrole nitrogens is 1. The normalized spacial score (nSPS) is 10.9. The first-order chi connectivity index (χ1) is 10.6. The van der Waals surface area contributed by atoms with Crippen LogP contribution in [0.2, 0.25) is 0 Å². The minimum atomic E-state index is -2.88.